The van der Waals surface area contributed by atoms with E-state index in [2.05, 4.69) is 5.32 Å². The molecule has 0 spiro atoms. The minimum atomic E-state index is -0.389. The lowest BCUT2D eigenvalue weighted by molar-refractivity contribution is -0.113. The van der Waals surface area contributed by atoms with Crippen molar-refractivity contribution < 1.29 is 13.9 Å². The van der Waals surface area contributed by atoms with Gasteiger partial charge in [0, 0.05) is 16.3 Å². The third kappa shape index (κ3) is 4.39. The van der Waals surface area contributed by atoms with E-state index in [1.54, 1.807) is 37.4 Å². The van der Waals surface area contributed by atoms with Crippen molar-refractivity contribution >= 4 is 29.0 Å². The van der Waals surface area contributed by atoms with Crippen molar-refractivity contribution in [3.8, 4) is 5.75 Å². The van der Waals surface area contributed by atoms with E-state index in [0.717, 1.165) is 5.75 Å². The van der Waals surface area contributed by atoms with E-state index in [-0.39, 0.29) is 17.5 Å². The van der Waals surface area contributed by atoms with Gasteiger partial charge in [-0.05, 0) is 42.5 Å². The smallest absolute Gasteiger partial charge is 0.234 e. The summed E-state index contributed by atoms with van der Waals surface area (Å²) in [5, 5.41) is 2.76. The molecule has 1 amide bonds. The highest BCUT2D eigenvalue weighted by atomic mass is 32.2. The molecule has 3 N–H and O–H groups in total. The number of carbonyl (C=O) groups excluding carboxylic acids is 1. The second-order valence-corrected chi connectivity index (χ2v) is 5.26. The molecule has 2 rings (SSSR count). The fourth-order valence-electron chi connectivity index (χ4n) is 1.67. The second-order valence-electron chi connectivity index (χ2n) is 4.25. The van der Waals surface area contributed by atoms with Crippen LogP contribution in [0.15, 0.2) is 47.4 Å². The summed E-state index contributed by atoms with van der Waals surface area (Å²) in [5.41, 5.74) is 6.70. The van der Waals surface area contributed by atoms with Crippen LogP contribution in [0.5, 0.6) is 5.75 Å². The number of hydrogen-bond donors (Lipinski definition) is 2. The highest BCUT2D eigenvalue weighted by molar-refractivity contribution is 8.00. The first-order valence-electron chi connectivity index (χ1n) is 6.20. The number of hydrogen-bond acceptors (Lipinski definition) is 4. The third-order valence-electron chi connectivity index (χ3n) is 2.70. The van der Waals surface area contributed by atoms with E-state index in [0.29, 0.717) is 16.3 Å². The molecule has 21 heavy (non-hydrogen) atoms. The van der Waals surface area contributed by atoms with Crippen molar-refractivity contribution in [2.24, 2.45) is 0 Å². The third-order valence-corrected chi connectivity index (χ3v) is 3.79. The minimum Gasteiger partial charge on any atom is -0.497 e. The Balaban J connectivity index is 1.89. The first kappa shape index (κ1) is 15.2. The minimum absolute atomic E-state index is 0.158. The number of rotatable bonds is 5. The van der Waals surface area contributed by atoms with Gasteiger partial charge in [-0.25, -0.2) is 4.39 Å². The molecule has 0 aliphatic carbocycles. The van der Waals surface area contributed by atoms with Crippen molar-refractivity contribution in [1.82, 2.24) is 0 Å². The zero-order chi connectivity index (χ0) is 15.2. The van der Waals surface area contributed by atoms with Gasteiger partial charge in [0.05, 0.1) is 12.9 Å². The molecule has 110 valence electrons. The Hall–Kier alpha value is -2.21. The Bertz CT molecular complexity index is 632. The Labute approximate surface area is 126 Å². The van der Waals surface area contributed by atoms with Crippen LogP contribution in [0.3, 0.4) is 0 Å². The Morgan fingerprint density at radius 3 is 2.62 bits per heavy atom. The average molecular weight is 306 g/mol. The number of ether oxygens (including phenoxy) is 1. The van der Waals surface area contributed by atoms with Crippen LogP contribution in [0.25, 0.3) is 0 Å². The predicted octanol–water partition coefficient (Wildman–Crippen LogP) is 3.15. The summed E-state index contributed by atoms with van der Waals surface area (Å²) in [7, 11) is 1.58. The van der Waals surface area contributed by atoms with Gasteiger partial charge >= 0.3 is 0 Å². The van der Waals surface area contributed by atoms with Crippen molar-refractivity contribution in [3.05, 3.63) is 48.3 Å². The quantitative estimate of drug-likeness (QED) is 0.658. The highest BCUT2D eigenvalue weighted by Crippen LogP contribution is 2.25. The van der Waals surface area contributed by atoms with Crippen LogP contribution in [-0.2, 0) is 4.79 Å². The molecule has 4 nitrogen and oxygen atoms in total. The number of amides is 1. The summed E-state index contributed by atoms with van der Waals surface area (Å²) in [4.78, 5) is 12.5. The molecule has 2 aromatic rings. The first-order chi connectivity index (χ1) is 10.1. The fourth-order valence-corrected chi connectivity index (χ4v) is 2.41. The van der Waals surface area contributed by atoms with Gasteiger partial charge in [-0.2, -0.15) is 0 Å². The van der Waals surface area contributed by atoms with E-state index in [1.165, 1.54) is 23.9 Å². The molecule has 0 saturated heterocycles. The fraction of sp³-hybridized carbons (Fsp3) is 0.133. The van der Waals surface area contributed by atoms with Crippen LogP contribution >= 0.6 is 11.8 Å². The van der Waals surface area contributed by atoms with Crippen LogP contribution < -0.4 is 15.8 Å². The van der Waals surface area contributed by atoms with Crippen LogP contribution in [0.1, 0.15) is 0 Å². The van der Waals surface area contributed by atoms with E-state index in [9.17, 15) is 9.18 Å². The zero-order valence-corrected chi connectivity index (χ0v) is 12.2. The predicted molar refractivity (Wildman–Crippen MR) is 83.2 cm³/mol. The van der Waals surface area contributed by atoms with Crippen molar-refractivity contribution in [1.29, 1.82) is 0 Å². The molecule has 6 heteroatoms. The summed E-state index contributed by atoms with van der Waals surface area (Å²) < 4.78 is 18.0. The van der Waals surface area contributed by atoms with E-state index in [4.69, 9.17) is 10.5 Å². The van der Waals surface area contributed by atoms with E-state index in [1.807, 2.05) is 0 Å². The molecule has 0 aliphatic rings. The van der Waals surface area contributed by atoms with Crippen molar-refractivity contribution in [3.63, 3.8) is 0 Å². The number of methoxy groups -OCH3 is 1. The molecule has 0 saturated carbocycles. The lowest BCUT2D eigenvalue weighted by atomic mass is 10.3. The van der Waals surface area contributed by atoms with Crippen LogP contribution in [0, 0.1) is 5.82 Å². The van der Waals surface area contributed by atoms with Gasteiger partial charge in [0.15, 0.2) is 0 Å². The molecular formula is C15H15FN2O2S. The van der Waals surface area contributed by atoms with Gasteiger partial charge < -0.3 is 15.8 Å². The van der Waals surface area contributed by atoms with Crippen LogP contribution in [0.2, 0.25) is 0 Å². The van der Waals surface area contributed by atoms with Gasteiger partial charge in [-0.15, -0.1) is 11.8 Å². The monoisotopic (exact) mass is 306 g/mol. The number of carbonyl (C=O) groups is 1. The average Bonchev–Trinajstić information content (AvgIpc) is 2.47. The first-order valence-corrected chi connectivity index (χ1v) is 7.19. The number of nitrogens with one attached hydrogen (secondary N) is 1. The Morgan fingerprint density at radius 2 is 2.00 bits per heavy atom. The topological polar surface area (TPSA) is 64.3 Å². The molecule has 0 fully saturated rings. The number of benzene rings is 2. The molecular weight excluding hydrogens is 291 g/mol. The largest absolute Gasteiger partial charge is 0.497 e. The summed E-state index contributed by atoms with van der Waals surface area (Å²) in [6.45, 7) is 0. The molecule has 0 aromatic heterocycles. The molecule has 0 aliphatic heterocycles. The molecule has 0 bridgehead atoms. The van der Waals surface area contributed by atoms with Gasteiger partial charge in [0.2, 0.25) is 5.91 Å². The molecule has 0 heterocycles. The Kier molecular flexibility index (Phi) is 5.05. The number of nitrogen functional groups attached to an aromatic ring is 1. The normalized spacial score (nSPS) is 10.2. The highest BCUT2D eigenvalue weighted by Gasteiger charge is 2.07. The van der Waals surface area contributed by atoms with Gasteiger partial charge in [-0.3, -0.25) is 4.79 Å². The standard InChI is InChI=1S/C15H15FN2O2S/c1-20-12-5-3-11(4-6-12)18-15(19)9-21-14-7-2-10(16)8-13(14)17/h2-8H,9,17H2,1H3,(H,18,19). The van der Waals surface area contributed by atoms with E-state index < -0.39 is 0 Å². The second kappa shape index (κ2) is 6.99. The summed E-state index contributed by atoms with van der Waals surface area (Å²) >= 11 is 1.26. The number of anilines is 2. The number of halogens is 1. The summed E-state index contributed by atoms with van der Waals surface area (Å²) in [5.74, 6) is 0.372. The van der Waals surface area contributed by atoms with Crippen molar-refractivity contribution in [2.75, 3.05) is 23.9 Å². The lowest BCUT2D eigenvalue weighted by Crippen LogP contribution is -2.14. The van der Waals surface area contributed by atoms with Gasteiger partial charge in [-0.1, -0.05) is 0 Å². The van der Waals surface area contributed by atoms with Crippen LogP contribution in [0.4, 0.5) is 15.8 Å². The van der Waals surface area contributed by atoms with Crippen LogP contribution in [-0.4, -0.2) is 18.8 Å². The zero-order valence-electron chi connectivity index (χ0n) is 11.4. The summed E-state index contributed by atoms with van der Waals surface area (Å²) in [6.07, 6.45) is 0. The molecule has 0 radical (unpaired) electrons. The lowest BCUT2D eigenvalue weighted by Gasteiger charge is -2.07. The summed E-state index contributed by atoms with van der Waals surface area (Å²) in [6, 6.07) is 11.2. The van der Waals surface area contributed by atoms with Gasteiger partial charge in [0.1, 0.15) is 11.6 Å². The maximum atomic E-state index is 12.9. The number of thioether (sulfide) groups is 1. The molecule has 2 aromatic carbocycles. The van der Waals surface area contributed by atoms with Gasteiger partial charge in [0.25, 0.3) is 0 Å². The molecule has 0 unspecified atom stereocenters. The molecule has 0 atom stereocenters. The maximum absolute atomic E-state index is 12.9. The SMILES string of the molecule is COc1ccc(NC(=O)CSc2ccc(F)cc2N)cc1. The Morgan fingerprint density at radius 1 is 1.29 bits per heavy atom. The van der Waals surface area contributed by atoms with Crippen molar-refractivity contribution in [2.45, 2.75) is 4.90 Å². The maximum Gasteiger partial charge on any atom is 0.234 e. The van der Waals surface area contributed by atoms with E-state index >= 15 is 0 Å². The number of nitrogens with two attached hydrogens (primary N) is 1.